The second-order valence-electron chi connectivity index (χ2n) is 8.96. The van der Waals surface area contributed by atoms with Gasteiger partial charge in [-0.1, -0.05) is 12.0 Å². The summed E-state index contributed by atoms with van der Waals surface area (Å²) in [7, 11) is 1.61. The van der Waals surface area contributed by atoms with E-state index in [1.807, 2.05) is 0 Å². The van der Waals surface area contributed by atoms with Crippen molar-refractivity contribution >= 4 is 28.0 Å². The lowest BCUT2D eigenvalue weighted by atomic mass is 10.1. The lowest BCUT2D eigenvalue weighted by Crippen LogP contribution is -2.44. The van der Waals surface area contributed by atoms with Crippen molar-refractivity contribution in [1.82, 2.24) is 23.7 Å². The van der Waals surface area contributed by atoms with Crippen LogP contribution in [-0.4, -0.2) is 42.8 Å². The van der Waals surface area contributed by atoms with Crippen LogP contribution in [0.25, 0.3) is 22.1 Å². The smallest absolute Gasteiger partial charge is 0.332 e. The van der Waals surface area contributed by atoms with Gasteiger partial charge in [0.25, 0.3) is 5.56 Å². The number of aromatic nitrogens is 5. The molecule has 0 radical (unpaired) electrons. The summed E-state index contributed by atoms with van der Waals surface area (Å²) >= 11 is 0. The number of benzene rings is 1. The maximum absolute atomic E-state index is 13.7. The summed E-state index contributed by atoms with van der Waals surface area (Å²) in [6.45, 7) is 3.39. The molecular formula is C26H26N8O2. The number of imidazole rings is 1. The highest BCUT2D eigenvalue weighted by molar-refractivity contribution is 5.84. The van der Waals surface area contributed by atoms with E-state index in [1.54, 1.807) is 48.9 Å². The number of pyridine rings is 1. The molecule has 0 bridgehead atoms. The van der Waals surface area contributed by atoms with Crippen LogP contribution in [0.1, 0.15) is 31.0 Å². The van der Waals surface area contributed by atoms with Gasteiger partial charge in [-0.2, -0.15) is 10.2 Å². The van der Waals surface area contributed by atoms with Gasteiger partial charge in [-0.3, -0.25) is 23.5 Å². The molecule has 1 aliphatic heterocycles. The molecular weight excluding hydrogens is 456 g/mol. The Labute approximate surface area is 207 Å². The second kappa shape index (κ2) is 9.33. The fourth-order valence-electron chi connectivity index (χ4n) is 4.79. The van der Waals surface area contributed by atoms with E-state index in [9.17, 15) is 14.9 Å². The summed E-state index contributed by atoms with van der Waals surface area (Å²) in [5.41, 5.74) is 7.61. The minimum absolute atomic E-state index is 0.0112. The van der Waals surface area contributed by atoms with Crippen LogP contribution in [0.4, 0.5) is 5.95 Å². The monoisotopic (exact) mass is 482 g/mol. The quantitative estimate of drug-likeness (QED) is 0.435. The maximum Gasteiger partial charge on any atom is 0.332 e. The minimum Gasteiger partial charge on any atom is -0.341 e. The highest BCUT2D eigenvalue weighted by Gasteiger charge is 2.26. The molecule has 2 N–H and O–H groups in total. The fraction of sp³-hybridized carbons (Fsp3) is 0.346. The average molecular weight is 483 g/mol. The first-order valence-electron chi connectivity index (χ1n) is 11.8. The highest BCUT2D eigenvalue weighted by atomic mass is 16.2. The zero-order valence-electron chi connectivity index (χ0n) is 20.2. The number of nitrogens with zero attached hydrogens (tertiary/aromatic N) is 7. The molecule has 1 aromatic carbocycles. The first-order valence-corrected chi connectivity index (χ1v) is 11.8. The van der Waals surface area contributed by atoms with Crippen LogP contribution in [0.3, 0.4) is 0 Å². The van der Waals surface area contributed by atoms with Crippen molar-refractivity contribution in [3.63, 3.8) is 0 Å². The van der Waals surface area contributed by atoms with Gasteiger partial charge in [0.05, 0.1) is 35.9 Å². The number of anilines is 1. The number of hydrogen-bond donors (Lipinski definition) is 1. The molecule has 0 aliphatic carbocycles. The molecule has 0 amide bonds. The van der Waals surface area contributed by atoms with Gasteiger partial charge in [-0.05, 0) is 44.0 Å². The predicted octanol–water partition coefficient (Wildman–Crippen LogP) is 1.32. The number of nitrogens with two attached hydrogens (primary N) is 1. The van der Waals surface area contributed by atoms with E-state index in [0.717, 1.165) is 24.8 Å². The van der Waals surface area contributed by atoms with Crippen molar-refractivity contribution in [2.45, 2.75) is 38.9 Å². The third kappa shape index (κ3) is 3.92. The Morgan fingerprint density at radius 2 is 2.00 bits per heavy atom. The molecule has 1 unspecified atom stereocenters. The molecule has 10 heteroatoms. The molecule has 1 fully saturated rings. The van der Waals surface area contributed by atoms with E-state index in [4.69, 9.17) is 10.7 Å². The van der Waals surface area contributed by atoms with Crippen molar-refractivity contribution in [2.75, 3.05) is 18.0 Å². The Hall–Kier alpha value is -4.41. The lowest BCUT2D eigenvalue weighted by molar-refractivity contribution is 0.496. The van der Waals surface area contributed by atoms with Crippen LogP contribution >= 0.6 is 0 Å². The summed E-state index contributed by atoms with van der Waals surface area (Å²) < 4.78 is 4.36. The summed E-state index contributed by atoms with van der Waals surface area (Å²) in [4.78, 5) is 38.4. The van der Waals surface area contributed by atoms with E-state index in [0.29, 0.717) is 40.4 Å². The molecule has 3 aromatic heterocycles. The SMILES string of the molecule is CC#CCn1c(N2CCCC(N)C2)nc2c1c(=O)n(Cc1ccc3c(C#N)cccc3n1)c(=O)n2C. The van der Waals surface area contributed by atoms with Crippen molar-refractivity contribution in [3.8, 4) is 17.9 Å². The maximum atomic E-state index is 13.7. The highest BCUT2D eigenvalue weighted by Crippen LogP contribution is 2.23. The van der Waals surface area contributed by atoms with Crippen molar-refractivity contribution in [2.24, 2.45) is 12.8 Å². The summed E-state index contributed by atoms with van der Waals surface area (Å²) in [5.74, 6) is 6.52. The Kier molecular flexibility index (Phi) is 6.05. The van der Waals surface area contributed by atoms with Gasteiger partial charge in [0.15, 0.2) is 11.2 Å². The standard InChI is InChI=1S/C26H26N8O2/c1-3-4-13-33-22-23(30-25(33)32-12-6-8-18(28)15-32)31(2)26(36)34(24(22)35)16-19-10-11-20-17(14-27)7-5-9-21(20)29-19/h5,7,9-11,18H,6,8,12-13,15-16,28H2,1-2H3. The summed E-state index contributed by atoms with van der Waals surface area (Å²) in [5, 5.41) is 10.1. The lowest BCUT2D eigenvalue weighted by Gasteiger charge is -2.31. The number of fused-ring (bicyclic) bond motifs is 2. The molecule has 1 aliphatic rings. The number of hydrogen-bond acceptors (Lipinski definition) is 7. The van der Waals surface area contributed by atoms with Crippen molar-refractivity contribution < 1.29 is 0 Å². The Balaban J connectivity index is 1.67. The van der Waals surface area contributed by atoms with Gasteiger partial charge in [0.1, 0.15) is 0 Å². The Morgan fingerprint density at radius 3 is 2.75 bits per heavy atom. The zero-order valence-corrected chi connectivity index (χ0v) is 20.2. The zero-order chi connectivity index (χ0) is 25.4. The third-order valence-electron chi connectivity index (χ3n) is 6.60. The fourth-order valence-corrected chi connectivity index (χ4v) is 4.79. The summed E-state index contributed by atoms with van der Waals surface area (Å²) in [6.07, 6.45) is 1.86. The predicted molar refractivity (Wildman–Crippen MR) is 138 cm³/mol. The van der Waals surface area contributed by atoms with Crippen LogP contribution in [0.15, 0.2) is 39.9 Å². The van der Waals surface area contributed by atoms with E-state index < -0.39 is 11.2 Å². The topological polar surface area (TPSA) is 128 Å². The van der Waals surface area contributed by atoms with Gasteiger partial charge in [0, 0.05) is 31.6 Å². The Morgan fingerprint density at radius 1 is 1.17 bits per heavy atom. The second-order valence-corrected chi connectivity index (χ2v) is 8.96. The van der Waals surface area contributed by atoms with Crippen LogP contribution < -0.4 is 21.9 Å². The number of nitriles is 1. The normalized spacial score (nSPS) is 15.6. The van der Waals surface area contributed by atoms with Crippen molar-refractivity contribution in [3.05, 3.63) is 62.4 Å². The Bertz CT molecular complexity index is 1710. The minimum atomic E-state index is -0.478. The molecule has 4 heterocycles. The molecule has 4 aromatic rings. The molecule has 5 rings (SSSR count). The van der Waals surface area contributed by atoms with Crippen LogP contribution in [0.5, 0.6) is 0 Å². The van der Waals surface area contributed by atoms with Crippen LogP contribution in [0, 0.1) is 23.2 Å². The summed E-state index contributed by atoms with van der Waals surface area (Å²) in [6, 6.07) is 11.0. The third-order valence-corrected chi connectivity index (χ3v) is 6.60. The van der Waals surface area contributed by atoms with E-state index in [1.165, 1.54) is 9.13 Å². The average Bonchev–Trinajstić information content (AvgIpc) is 3.28. The molecule has 1 saturated heterocycles. The van der Waals surface area contributed by atoms with Crippen LogP contribution in [0.2, 0.25) is 0 Å². The molecule has 182 valence electrons. The van der Waals surface area contributed by atoms with Crippen LogP contribution in [-0.2, 0) is 20.1 Å². The van der Waals surface area contributed by atoms with Gasteiger partial charge < -0.3 is 10.6 Å². The van der Waals surface area contributed by atoms with Gasteiger partial charge in [-0.25, -0.2) is 4.79 Å². The molecule has 36 heavy (non-hydrogen) atoms. The number of piperidine rings is 1. The van der Waals surface area contributed by atoms with E-state index in [2.05, 4.69) is 27.8 Å². The molecule has 0 saturated carbocycles. The molecule has 10 nitrogen and oxygen atoms in total. The molecule has 1 atom stereocenters. The first-order chi connectivity index (χ1) is 17.4. The van der Waals surface area contributed by atoms with Gasteiger partial charge in [-0.15, -0.1) is 5.92 Å². The van der Waals surface area contributed by atoms with Gasteiger partial charge >= 0.3 is 5.69 Å². The largest absolute Gasteiger partial charge is 0.341 e. The van der Waals surface area contributed by atoms with Gasteiger partial charge in [0.2, 0.25) is 5.95 Å². The van der Waals surface area contributed by atoms with E-state index >= 15 is 0 Å². The van der Waals surface area contributed by atoms with Crippen molar-refractivity contribution in [1.29, 1.82) is 5.26 Å². The molecule has 0 spiro atoms. The van der Waals surface area contributed by atoms with E-state index in [-0.39, 0.29) is 19.1 Å². The number of rotatable bonds is 4. The number of aryl methyl sites for hydroxylation is 1. The first kappa shape index (κ1) is 23.3.